The van der Waals surface area contributed by atoms with E-state index < -0.39 is 0 Å². The zero-order valence-corrected chi connectivity index (χ0v) is 11.0. The summed E-state index contributed by atoms with van der Waals surface area (Å²) in [7, 11) is 0. The van der Waals surface area contributed by atoms with Crippen molar-refractivity contribution < 1.29 is 0 Å². The molecule has 0 radical (unpaired) electrons. The summed E-state index contributed by atoms with van der Waals surface area (Å²) in [5.41, 5.74) is 5.66. The van der Waals surface area contributed by atoms with E-state index in [4.69, 9.17) is 5.84 Å². The Morgan fingerprint density at radius 2 is 2.12 bits per heavy atom. The van der Waals surface area contributed by atoms with Crippen LogP contribution in [0, 0.1) is 6.92 Å². The van der Waals surface area contributed by atoms with Crippen molar-refractivity contribution in [2.75, 3.05) is 11.5 Å². The van der Waals surface area contributed by atoms with Gasteiger partial charge in [0.15, 0.2) is 0 Å². The molecule has 0 aliphatic heterocycles. The number of benzene rings is 1. The molecule has 0 bridgehead atoms. The Hall–Kier alpha value is -0.510. The molecule has 0 aliphatic carbocycles. The van der Waals surface area contributed by atoms with Crippen LogP contribution in [-0.2, 0) is 6.42 Å². The van der Waals surface area contributed by atoms with Gasteiger partial charge in [0.2, 0.25) is 0 Å². The largest absolute Gasteiger partial charge is 0.271 e. The van der Waals surface area contributed by atoms with E-state index >= 15 is 0 Å². The van der Waals surface area contributed by atoms with Gasteiger partial charge in [-0.25, -0.2) is 0 Å². The molecular formula is C13H22N2S. The maximum absolute atomic E-state index is 5.59. The predicted octanol–water partition coefficient (Wildman–Crippen LogP) is 2.51. The van der Waals surface area contributed by atoms with E-state index in [0.29, 0.717) is 6.04 Å². The van der Waals surface area contributed by atoms with Crippen LogP contribution in [0.2, 0.25) is 0 Å². The van der Waals surface area contributed by atoms with Gasteiger partial charge in [-0.3, -0.25) is 11.3 Å². The van der Waals surface area contributed by atoms with Gasteiger partial charge in [0.1, 0.15) is 0 Å². The lowest BCUT2D eigenvalue weighted by Crippen LogP contribution is -2.38. The lowest BCUT2D eigenvalue weighted by atomic mass is 10.0. The predicted molar refractivity (Wildman–Crippen MR) is 73.6 cm³/mol. The van der Waals surface area contributed by atoms with E-state index in [1.807, 2.05) is 11.8 Å². The van der Waals surface area contributed by atoms with Crippen molar-refractivity contribution in [2.45, 2.75) is 32.7 Å². The van der Waals surface area contributed by atoms with Crippen molar-refractivity contribution in [3.63, 3.8) is 0 Å². The smallest absolute Gasteiger partial charge is 0.0341 e. The number of hydrazine groups is 1. The third-order valence-corrected chi connectivity index (χ3v) is 3.97. The van der Waals surface area contributed by atoms with Gasteiger partial charge in [-0.2, -0.15) is 11.8 Å². The highest BCUT2D eigenvalue weighted by Gasteiger charge is 2.08. The summed E-state index contributed by atoms with van der Waals surface area (Å²) in [5.74, 6) is 7.89. The minimum atomic E-state index is 0.373. The highest BCUT2D eigenvalue weighted by atomic mass is 32.2. The highest BCUT2D eigenvalue weighted by Crippen LogP contribution is 2.12. The minimum Gasteiger partial charge on any atom is -0.271 e. The van der Waals surface area contributed by atoms with Crippen LogP contribution in [-0.4, -0.2) is 17.5 Å². The Balaban J connectivity index is 2.46. The van der Waals surface area contributed by atoms with Crippen molar-refractivity contribution in [3.8, 4) is 0 Å². The number of nitrogens with one attached hydrogen (secondary N) is 1. The van der Waals surface area contributed by atoms with Crippen LogP contribution in [0.15, 0.2) is 24.3 Å². The molecule has 0 fully saturated rings. The summed E-state index contributed by atoms with van der Waals surface area (Å²) in [5, 5.41) is 0. The molecule has 0 spiro atoms. The fraction of sp³-hybridized carbons (Fsp3) is 0.538. The summed E-state index contributed by atoms with van der Waals surface area (Å²) in [6, 6.07) is 8.88. The maximum atomic E-state index is 5.59. The number of hydrogen-bond donors (Lipinski definition) is 2. The Morgan fingerprint density at radius 1 is 1.38 bits per heavy atom. The number of rotatable bonds is 7. The van der Waals surface area contributed by atoms with E-state index in [1.165, 1.54) is 23.3 Å². The fourth-order valence-electron chi connectivity index (χ4n) is 1.64. The summed E-state index contributed by atoms with van der Waals surface area (Å²) in [6.45, 7) is 4.36. The van der Waals surface area contributed by atoms with Crippen LogP contribution in [0.3, 0.4) is 0 Å². The average Bonchev–Trinajstić information content (AvgIpc) is 2.30. The number of hydrogen-bond acceptors (Lipinski definition) is 3. The van der Waals surface area contributed by atoms with Crippen LogP contribution < -0.4 is 11.3 Å². The molecule has 3 N–H and O–H groups in total. The van der Waals surface area contributed by atoms with E-state index in [9.17, 15) is 0 Å². The normalized spacial score (nSPS) is 12.7. The standard InChI is InChI=1S/C13H22N2S/c1-3-8-16-10-13(15-14)9-12-7-5-4-6-11(12)2/h4-7,13,15H,3,8-10,14H2,1-2H3. The average molecular weight is 238 g/mol. The van der Waals surface area contributed by atoms with Gasteiger partial charge in [-0.05, 0) is 36.6 Å². The first-order chi connectivity index (χ1) is 7.77. The van der Waals surface area contributed by atoms with Crippen molar-refractivity contribution in [2.24, 2.45) is 5.84 Å². The Bertz CT molecular complexity index is 302. The molecule has 0 saturated heterocycles. The first-order valence-electron chi connectivity index (χ1n) is 5.86. The number of aryl methyl sites for hydroxylation is 1. The molecule has 90 valence electrons. The monoisotopic (exact) mass is 238 g/mol. The molecule has 0 aromatic heterocycles. The lowest BCUT2D eigenvalue weighted by molar-refractivity contribution is 0.574. The third-order valence-electron chi connectivity index (χ3n) is 2.63. The van der Waals surface area contributed by atoms with Gasteiger partial charge in [-0.15, -0.1) is 0 Å². The molecular weight excluding hydrogens is 216 g/mol. The Morgan fingerprint density at radius 3 is 2.75 bits per heavy atom. The molecule has 3 heteroatoms. The van der Waals surface area contributed by atoms with Crippen LogP contribution >= 0.6 is 11.8 Å². The van der Waals surface area contributed by atoms with Gasteiger partial charge in [0.25, 0.3) is 0 Å². The molecule has 16 heavy (non-hydrogen) atoms. The van der Waals surface area contributed by atoms with Gasteiger partial charge >= 0.3 is 0 Å². The van der Waals surface area contributed by atoms with Crippen molar-refractivity contribution in [1.82, 2.24) is 5.43 Å². The first-order valence-corrected chi connectivity index (χ1v) is 7.01. The summed E-state index contributed by atoms with van der Waals surface area (Å²) in [4.78, 5) is 0. The number of nitrogens with two attached hydrogens (primary N) is 1. The van der Waals surface area contributed by atoms with E-state index in [1.54, 1.807) is 0 Å². The van der Waals surface area contributed by atoms with Crippen molar-refractivity contribution in [3.05, 3.63) is 35.4 Å². The van der Waals surface area contributed by atoms with Gasteiger partial charge in [-0.1, -0.05) is 31.2 Å². The zero-order valence-electron chi connectivity index (χ0n) is 10.2. The van der Waals surface area contributed by atoms with E-state index in [2.05, 4.69) is 43.5 Å². The molecule has 2 nitrogen and oxygen atoms in total. The Labute approximate surface area is 103 Å². The van der Waals surface area contributed by atoms with Crippen LogP contribution in [0.5, 0.6) is 0 Å². The summed E-state index contributed by atoms with van der Waals surface area (Å²) >= 11 is 1.97. The zero-order chi connectivity index (χ0) is 11.8. The molecule has 1 aromatic rings. The second kappa shape index (κ2) is 7.71. The van der Waals surface area contributed by atoms with Crippen LogP contribution in [0.4, 0.5) is 0 Å². The van der Waals surface area contributed by atoms with Crippen LogP contribution in [0.1, 0.15) is 24.5 Å². The maximum Gasteiger partial charge on any atom is 0.0341 e. The second-order valence-corrected chi connectivity index (χ2v) is 5.22. The van der Waals surface area contributed by atoms with Crippen LogP contribution in [0.25, 0.3) is 0 Å². The SMILES string of the molecule is CCCSCC(Cc1ccccc1C)NN. The van der Waals surface area contributed by atoms with Gasteiger partial charge < -0.3 is 0 Å². The van der Waals surface area contributed by atoms with Crippen molar-refractivity contribution in [1.29, 1.82) is 0 Å². The topological polar surface area (TPSA) is 38.0 Å². The second-order valence-electron chi connectivity index (χ2n) is 4.07. The van der Waals surface area contributed by atoms with E-state index in [-0.39, 0.29) is 0 Å². The van der Waals surface area contributed by atoms with Crippen molar-refractivity contribution >= 4 is 11.8 Å². The van der Waals surface area contributed by atoms with Gasteiger partial charge in [0, 0.05) is 11.8 Å². The molecule has 1 rings (SSSR count). The molecule has 0 heterocycles. The molecule has 0 aliphatic rings. The van der Waals surface area contributed by atoms with E-state index in [0.717, 1.165) is 12.2 Å². The highest BCUT2D eigenvalue weighted by molar-refractivity contribution is 7.99. The molecule has 1 atom stereocenters. The third kappa shape index (κ3) is 4.56. The lowest BCUT2D eigenvalue weighted by Gasteiger charge is -2.16. The minimum absolute atomic E-state index is 0.373. The molecule has 1 aromatic carbocycles. The molecule has 1 unspecified atom stereocenters. The number of thioether (sulfide) groups is 1. The fourth-order valence-corrected chi connectivity index (χ4v) is 2.59. The molecule has 0 amide bonds. The summed E-state index contributed by atoms with van der Waals surface area (Å²) < 4.78 is 0. The molecule has 0 saturated carbocycles. The summed E-state index contributed by atoms with van der Waals surface area (Å²) in [6.07, 6.45) is 2.24. The quantitative estimate of drug-likeness (QED) is 0.435. The van der Waals surface area contributed by atoms with Gasteiger partial charge in [0.05, 0.1) is 0 Å². The first kappa shape index (κ1) is 13.6. The Kier molecular flexibility index (Phi) is 6.53.